The third kappa shape index (κ3) is 2.89. The highest BCUT2D eigenvalue weighted by atomic mass is 79.9. The van der Waals surface area contributed by atoms with Gasteiger partial charge in [0.1, 0.15) is 5.75 Å². The Balaban J connectivity index is 2.57. The first-order valence-corrected chi connectivity index (χ1v) is 7.77. The molecule has 0 spiro atoms. The van der Waals surface area contributed by atoms with Crippen LogP contribution in [0.15, 0.2) is 32.3 Å². The van der Waals surface area contributed by atoms with Crippen molar-refractivity contribution in [2.75, 3.05) is 0 Å². The number of phenols is 1. The Hall–Kier alpha value is -0.920. The maximum atomic E-state index is 11.9. The summed E-state index contributed by atoms with van der Waals surface area (Å²) in [6.07, 6.45) is 0. The van der Waals surface area contributed by atoms with Gasteiger partial charge in [0, 0.05) is 11.3 Å². The number of carbonyl (C=O) groups excluding carboxylic acids is 1. The van der Waals surface area contributed by atoms with E-state index in [2.05, 4.69) is 42.5 Å². The number of benzene rings is 1. The minimum absolute atomic E-state index is 0.0321. The van der Waals surface area contributed by atoms with E-state index >= 15 is 0 Å². The summed E-state index contributed by atoms with van der Waals surface area (Å²) in [5, 5.41) is 16.3. The number of Topliss-reactive ketones (excluding diaryl/α,β-unsaturated/α-hetero) is 1. The highest BCUT2D eigenvalue weighted by Crippen LogP contribution is 2.37. The number of thiocarbonyl (C=S) groups is 1. The molecule has 1 aromatic rings. The van der Waals surface area contributed by atoms with E-state index in [1.807, 2.05) is 6.92 Å². The molecule has 0 saturated carbocycles. The lowest BCUT2D eigenvalue weighted by atomic mass is 9.93. The lowest BCUT2D eigenvalue weighted by Crippen LogP contribution is -2.44. The van der Waals surface area contributed by atoms with Crippen molar-refractivity contribution in [1.29, 1.82) is 0 Å². The average Bonchev–Trinajstić information content (AvgIpc) is 2.33. The van der Waals surface area contributed by atoms with E-state index in [9.17, 15) is 9.90 Å². The third-order valence-corrected chi connectivity index (χ3v) is 4.45. The molecule has 1 unspecified atom stereocenters. The standard InChI is InChI=1S/C13H12Br2N2O2S/c1-5-10(6(2)18)11(17-13(20)16-5)7-3-8(14)12(19)9(15)4-7/h3-4,11,19H,1-2H3,(H2,16,17,20). The number of ketones is 1. The molecule has 1 heterocycles. The smallest absolute Gasteiger partial charge is 0.171 e. The minimum Gasteiger partial charge on any atom is -0.506 e. The molecular weight excluding hydrogens is 408 g/mol. The Bertz CT molecular complexity index is 620. The SMILES string of the molecule is CC(=O)C1=C(C)NC(=S)NC1c1cc(Br)c(O)c(Br)c1. The Morgan fingerprint density at radius 2 is 1.90 bits per heavy atom. The van der Waals surface area contributed by atoms with Crippen molar-refractivity contribution in [1.82, 2.24) is 10.6 Å². The fourth-order valence-corrected chi connectivity index (χ4v) is 3.66. The van der Waals surface area contributed by atoms with Crippen LogP contribution in [0.25, 0.3) is 0 Å². The molecule has 0 saturated heterocycles. The highest BCUT2D eigenvalue weighted by molar-refractivity contribution is 9.11. The molecule has 1 aliphatic rings. The van der Waals surface area contributed by atoms with E-state index in [0.717, 1.165) is 11.3 Å². The highest BCUT2D eigenvalue weighted by Gasteiger charge is 2.28. The van der Waals surface area contributed by atoms with Crippen LogP contribution < -0.4 is 10.6 Å². The van der Waals surface area contributed by atoms with Gasteiger partial charge in [-0.1, -0.05) is 0 Å². The second kappa shape index (κ2) is 5.83. The molecule has 0 bridgehead atoms. The molecule has 0 aliphatic carbocycles. The zero-order valence-corrected chi connectivity index (χ0v) is 14.7. The largest absolute Gasteiger partial charge is 0.506 e. The van der Waals surface area contributed by atoms with Crippen molar-refractivity contribution >= 4 is 55.0 Å². The summed E-state index contributed by atoms with van der Waals surface area (Å²) in [6.45, 7) is 3.34. The fourth-order valence-electron chi connectivity index (χ4n) is 2.16. The number of aromatic hydroxyl groups is 1. The van der Waals surface area contributed by atoms with Gasteiger partial charge in [-0.25, -0.2) is 0 Å². The fraction of sp³-hybridized carbons (Fsp3) is 0.231. The molecule has 2 rings (SSSR count). The number of hydrogen-bond acceptors (Lipinski definition) is 3. The van der Waals surface area contributed by atoms with Gasteiger partial charge in [0.2, 0.25) is 0 Å². The first-order chi connectivity index (χ1) is 9.31. The maximum absolute atomic E-state index is 11.9. The van der Waals surface area contributed by atoms with Gasteiger partial charge in [-0.05, 0) is 75.6 Å². The van der Waals surface area contributed by atoms with E-state index in [1.54, 1.807) is 12.1 Å². The zero-order chi connectivity index (χ0) is 15.0. The first-order valence-electron chi connectivity index (χ1n) is 5.78. The molecule has 1 atom stereocenters. The summed E-state index contributed by atoms with van der Waals surface area (Å²) in [7, 11) is 0. The molecule has 1 aromatic carbocycles. The van der Waals surface area contributed by atoms with E-state index < -0.39 is 0 Å². The van der Waals surface area contributed by atoms with E-state index in [1.165, 1.54) is 6.92 Å². The number of allylic oxidation sites excluding steroid dienone is 1. The van der Waals surface area contributed by atoms with Crippen molar-refractivity contribution in [3.8, 4) is 5.75 Å². The summed E-state index contributed by atoms with van der Waals surface area (Å²) in [6, 6.07) is 3.19. The minimum atomic E-state index is -0.338. The first kappa shape index (κ1) is 15.5. The second-order valence-corrected chi connectivity index (χ2v) is 6.58. The summed E-state index contributed by atoms with van der Waals surface area (Å²) in [5.41, 5.74) is 2.20. The number of hydrogen-bond donors (Lipinski definition) is 3. The number of rotatable bonds is 2. The van der Waals surface area contributed by atoms with Crippen LogP contribution in [0.4, 0.5) is 0 Å². The van der Waals surface area contributed by atoms with Crippen LogP contribution in [0.5, 0.6) is 5.75 Å². The monoisotopic (exact) mass is 418 g/mol. The van der Waals surface area contributed by atoms with Crippen LogP contribution >= 0.6 is 44.1 Å². The van der Waals surface area contributed by atoms with Crippen molar-refractivity contribution < 1.29 is 9.90 Å². The van der Waals surface area contributed by atoms with Gasteiger partial charge >= 0.3 is 0 Å². The van der Waals surface area contributed by atoms with Crippen LogP contribution in [-0.2, 0) is 4.79 Å². The summed E-state index contributed by atoms with van der Waals surface area (Å²) in [5.74, 6) is 0.0886. The van der Waals surface area contributed by atoms with Crippen molar-refractivity contribution in [3.05, 3.63) is 37.9 Å². The topological polar surface area (TPSA) is 61.4 Å². The van der Waals surface area contributed by atoms with Crippen molar-refractivity contribution in [2.24, 2.45) is 0 Å². The maximum Gasteiger partial charge on any atom is 0.171 e. The van der Waals surface area contributed by atoms with Gasteiger partial charge in [0.15, 0.2) is 10.9 Å². The predicted molar refractivity (Wildman–Crippen MR) is 88.5 cm³/mol. The molecule has 3 N–H and O–H groups in total. The third-order valence-electron chi connectivity index (χ3n) is 3.02. The molecule has 0 radical (unpaired) electrons. The van der Waals surface area contributed by atoms with Crippen LogP contribution in [0.2, 0.25) is 0 Å². The quantitative estimate of drug-likeness (QED) is 0.642. The summed E-state index contributed by atoms with van der Waals surface area (Å²) >= 11 is 11.7. The van der Waals surface area contributed by atoms with Gasteiger partial charge in [-0.3, -0.25) is 4.79 Å². The van der Waals surface area contributed by atoms with E-state index in [0.29, 0.717) is 19.6 Å². The number of phenolic OH excluding ortho intramolecular Hbond substituents is 1. The molecule has 0 fully saturated rings. The van der Waals surface area contributed by atoms with Gasteiger partial charge in [0.25, 0.3) is 0 Å². The van der Waals surface area contributed by atoms with E-state index in [-0.39, 0.29) is 17.6 Å². The number of carbonyl (C=O) groups is 1. The number of halogens is 2. The Labute approximate surface area is 138 Å². The van der Waals surface area contributed by atoms with Crippen LogP contribution in [0.3, 0.4) is 0 Å². The summed E-state index contributed by atoms with van der Waals surface area (Å²) in [4.78, 5) is 11.9. The van der Waals surface area contributed by atoms with Crippen LogP contribution in [-0.4, -0.2) is 16.0 Å². The van der Waals surface area contributed by atoms with Crippen molar-refractivity contribution in [3.63, 3.8) is 0 Å². The van der Waals surface area contributed by atoms with Crippen LogP contribution in [0, 0.1) is 0 Å². The molecule has 4 nitrogen and oxygen atoms in total. The normalized spacial score (nSPS) is 18.6. The Morgan fingerprint density at radius 3 is 2.40 bits per heavy atom. The van der Waals surface area contributed by atoms with Gasteiger partial charge < -0.3 is 15.7 Å². The van der Waals surface area contributed by atoms with Gasteiger partial charge in [0.05, 0.1) is 15.0 Å². The second-order valence-electron chi connectivity index (χ2n) is 4.46. The zero-order valence-electron chi connectivity index (χ0n) is 10.8. The average molecular weight is 420 g/mol. The Kier molecular flexibility index (Phi) is 4.51. The van der Waals surface area contributed by atoms with Gasteiger partial charge in [-0.15, -0.1) is 0 Å². The lowest BCUT2D eigenvalue weighted by Gasteiger charge is -2.30. The lowest BCUT2D eigenvalue weighted by molar-refractivity contribution is -0.114. The van der Waals surface area contributed by atoms with Gasteiger partial charge in [-0.2, -0.15) is 0 Å². The molecule has 1 aliphatic heterocycles. The number of nitrogens with one attached hydrogen (secondary N) is 2. The van der Waals surface area contributed by atoms with Crippen LogP contribution in [0.1, 0.15) is 25.5 Å². The van der Waals surface area contributed by atoms with E-state index in [4.69, 9.17) is 12.2 Å². The molecule has 0 amide bonds. The predicted octanol–water partition coefficient (Wildman–Crippen LogP) is 3.30. The molecule has 20 heavy (non-hydrogen) atoms. The Morgan fingerprint density at radius 1 is 1.35 bits per heavy atom. The molecule has 7 heteroatoms. The summed E-state index contributed by atoms with van der Waals surface area (Å²) < 4.78 is 1.10. The molecular formula is C13H12Br2N2O2S. The molecule has 0 aromatic heterocycles. The molecule has 106 valence electrons. The van der Waals surface area contributed by atoms with Crippen molar-refractivity contribution in [2.45, 2.75) is 19.9 Å².